The Bertz CT molecular complexity index is 940. The summed E-state index contributed by atoms with van der Waals surface area (Å²) in [6, 6.07) is 11.5. The number of halogens is 1. The molecule has 0 radical (unpaired) electrons. The van der Waals surface area contributed by atoms with Crippen LogP contribution in [0, 0.1) is 19.8 Å². The molecule has 29 heavy (non-hydrogen) atoms. The van der Waals surface area contributed by atoms with Gasteiger partial charge in [-0.3, -0.25) is 9.59 Å². The van der Waals surface area contributed by atoms with Crippen molar-refractivity contribution in [2.45, 2.75) is 20.3 Å². The van der Waals surface area contributed by atoms with Crippen LogP contribution in [-0.4, -0.2) is 54.4 Å². The highest BCUT2D eigenvalue weighted by molar-refractivity contribution is 6.29. The molecule has 7 heteroatoms. The molecule has 2 amide bonds. The first-order chi connectivity index (χ1) is 13.9. The normalized spacial score (nSPS) is 19.8. The molecule has 0 aliphatic carbocycles. The predicted octanol–water partition coefficient (Wildman–Crippen LogP) is 3.05. The van der Waals surface area contributed by atoms with Gasteiger partial charge in [0.25, 0.3) is 0 Å². The van der Waals surface area contributed by atoms with E-state index in [4.69, 9.17) is 11.6 Å². The van der Waals surface area contributed by atoms with Crippen LogP contribution in [0.2, 0.25) is 5.15 Å². The lowest BCUT2D eigenvalue weighted by molar-refractivity contribution is -0.136. The summed E-state index contributed by atoms with van der Waals surface area (Å²) < 4.78 is 0. The molecule has 0 N–H and O–H groups in total. The van der Waals surface area contributed by atoms with E-state index in [1.165, 1.54) is 0 Å². The third-order valence-electron chi connectivity index (χ3n) is 5.96. The molecule has 0 spiro atoms. The van der Waals surface area contributed by atoms with Gasteiger partial charge in [0.05, 0.1) is 5.92 Å². The van der Waals surface area contributed by atoms with E-state index < -0.39 is 0 Å². The van der Waals surface area contributed by atoms with Crippen LogP contribution in [0.15, 0.2) is 36.4 Å². The lowest BCUT2D eigenvalue weighted by Crippen LogP contribution is -2.51. The van der Waals surface area contributed by atoms with E-state index in [1.54, 1.807) is 11.0 Å². The van der Waals surface area contributed by atoms with Gasteiger partial charge in [-0.2, -0.15) is 0 Å². The number of carbonyl (C=O) groups is 2. The van der Waals surface area contributed by atoms with Crippen molar-refractivity contribution in [2.24, 2.45) is 5.92 Å². The van der Waals surface area contributed by atoms with Crippen LogP contribution < -0.4 is 9.80 Å². The number of benzene rings is 1. The predicted molar refractivity (Wildman–Crippen MR) is 114 cm³/mol. The minimum atomic E-state index is -0.279. The summed E-state index contributed by atoms with van der Waals surface area (Å²) >= 11 is 5.99. The fraction of sp³-hybridized carbons (Fsp3) is 0.409. The minimum Gasteiger partial charge on any atom is -0.353 e. The molecule has 6 nitrogen and oxygen atoms in total. The number of hydrogen-bond donors (Lipinski definition) is 0. The molecule has 2 fully saturated rings. The van der Waals surface area contributed by atoms with Gasteiger partial charge in [0.2, 0.25) is 11.8 Å². The number of carbonyl (C=O) groups excluding carboxylic acids is 2. The van der Waals surface area contributed by atoms with E-state index in [0.717, 1.165) is 22.6 Å². The fourth-order valence-electron chi connectivity index (χ4n) is 4.12. The van der Waals surface area contributed by atoms with Crippen LogP contribution >= 0.6 is 11.6 Å². The Morgan fingerprint density at radius 1 is 1.07 bits per heavy atom. The Balaban J connectivity index is 1.39. The smallest absolute Gasteiger partial charge is 0.228 e. The van der Waals surface area contributed by atoms with Crippen LogP contribution in [0.4, 0.5) is 11.5 Å². The van der Waals surface area contributed by atoms with E-state index in [0.29, 0.717) is 37.9 Å². The van der Waals surface area contributed by atoms with Gasteiger partial charge in [-0.25, -0.2) is 4.98 Å². The SMILES string of the molecule is Cc1cccc(N2CC(C(=O)N3CCN(c4cccc(Cl)n4)CC3)CC2=O)c1C. The molecular weight excluding hydrogens is 388 g/mol. The second-order valence-electron chi connectivity index (χ2n) is 7.76. The Kier molecular flexibility index (Phi) is 5.46. The zero-order valence-corrected chi connectivity index (χ0v) is 17.5. The third kappa shape index (κ3) is 3.94. The van der Waals surface area contributed by atoms with E-state index in [-0.39, 0.29) is 24.2 Å². The van der Waals surface area contributed by atoms with Crippen LogP contribution in [-0.2, 0) is 9.59 Å². The molecule has 3 heterocycles. The van der Waals surface area contributed by atoms with Crippen LogP contribution in [0.5, 0.6) is 0 Å². The summed E-state index contributed by atoms with van der Waals surface area (Å²) in [5, 5.41) is 0.469. The van der Waals surface area contributed by atoms with Gasteiger partial charge < -0.3 is 14.7 Å². The topological polar surface area (TPSA) is 56.8 Å². The van der Waals surface area contributed by atoms with Crippen molar-refractivity contribution in [2.75, 3.05) is 42.5 Å². The fourth-order valence-corrected chi connectivity index (χ4v) is 4.28. The Morgan fingerprint density at radius 3 is 2.52 bits per heavy atom. The van der Waals surface area contributed by atoms with Gasteiger partial charge in [0.1, 0.15) is 11.0 Å². The second kappa shape index (κ2) is 8.03. The molecule has 1 unspecified atom stereocenters. The molecule has 1 aromatic heterocycles. The van der Waals surface area contributed by atoms with Gasteiger partial charge in [0.15, 0.2) is 0 Å². The molecule has 2 aliphatic rings. The van der Waals surface area contributed by atoms with E-state index in [2.05, 4.69) is 9.88 Å². The first-order valence-corrected chi connectivity index (χ1v) is 10.3. The number of aromatic nitrogens is 1. The van der Waals surface area contributed by atoms with E-state index in [9.17, 15) is 9.59 Å². The second-order valence-corrected chi connectivity index (χ2v) is 8.14. The Hall–Kier alpha value is -2.60. The monoisotopic (exact) mass is 412 g/mol. The number of hydrogen-bond acceptors (Lipinski definition) is 4. The molecule has 1 aromatic carbocycles. The summed E-state index contributed by atoms with van der Waals surface area (Å²) in [5.74, 6) is 0.656. The summed E-state index contributed by atoms with van der Waals surface area (Å²) in [7, 11) is 0. The lowest BCUT2D eigenvalue weighted by Gasteiger charge is -2.36. The standard InChI is InChI=1S/C22H25ClN4O2/c1-15-5-3-6-18(16(15)2)27-14-17(13-21(27)28)22(29)26-11-9-25(10-12-26)20-8-4-7-19(23)24-20/h3-8,17H,9-14H2,1-2H3. The maximum atomic E-state index is 13.1. The Labute approximate surface area is 176 Å². The molecule has 2 aromatic rings. The zero-order valence-electron chi connectivity index (χ0n) is 16.8. The maximum Gasteiger partial charge on any atom is 0.228 e. The first kappa shape index (κ1) is 19.7. The van der Waals surface area contributed by atoms with Crippen molar-refractivity contribution >= 4 is 34.9 Å². The molecule has 1 atom stereocenters. The summed E-state index contributed by atoms with van der Waals surface area (Å²) in [4.78, 5) is 35.8. The number of rotatable bonds is 3. The molecule has 0 saturated carbocycles. The largest absolute Gasteiger partial charge is 0.353 e. The van der Waals surface area contributed by atoms with Crippen molar-refractivity contribution in [3.8, 4) is 0 Å². The number of nitrogens with zero attached hydrogens (tertiary/aromatic N) is 4. The lowest BCUT2D eigenvalue weighted by atomic mass is 10.1. The third-order valence-corrected chi connectivity index (χ3v) is 6.17. The molecule has 2 saturated heterocycles. The van der Waals surface area contributed by atoms with Crippen LogP contribution in [0.3, 0.4) is 0 Å². The molecular formula is C22H25ClN4O2. The number of amides is 2. The van der Waals surface area contributed by atoms with E-state index in [1.807, 2.05) is 49.1 Å². The first-order valence-electron chi connectivity index (χ1n) is 9.97. The maximum absolute atomic E-state index is 13.1. The average Bonchev–Trinajstić information content (AvgIpc) is 3.11. The summed E-state index contributed by atoms with van der Waals surface area (Å²) in [6.45, 7) is 7.19. The highest BCUT2D eigenvalue weighted by Gasteiger charge is 2.38. The molecule has 152 valence electrons. The van der Waals surface area contributed by atoms with Gasteiger partial charge >= 0.3 is 0 Å². The quantitative estimate of drug-likeness (QED) is 0.727. The van der Waals surface area contributed by atoms with Gasteiger partial charge in [-0.15, -0.1) is 0 Å². The minimum absolute atomic E-state index is 0.0267. The van der Waals surface area contributed by atoms with Crippen molar-refractivity contribution in [3.63, 3.8) is 0 Å². The van der Waals surface area contributed by atoms with Crippen molar-refractivity contribution < 1.29 is 9.59 Å². The van der Waals surface area contributed by atoms with Crippen LogP contribution in [0.25, 0.3) is 0 Å². The summed E-state index contributed by atoms with van der Waals surface area (Å²) in [6.07, 6.45) is 0.280. The highest BCUT2D eigenvalue weighted by atomic mass is 35.5. The molecule has 0 bridgehead atoms. The summed E-state index contributed by atoms with van der Waals surface area (Å²) in [5.41, 5.74) is 3.16. The number of piperazine rings is 1. The molecule has 2 aliphatic heterocycles. The molecule has 4 rings (SSSR count). The number of anilines is 2. The van der Waals surface area contributed by atoms with E-state index >= 15 is 0 Å². The number of pyridine rings is 1. The van der Waals surface area contributed by atoms with Gasteiger partial charge in [-0.1, -0.05) is 29.8 Å². The van der Waals surface area contributed by atoms with Crippen LogP contribution in [0.1, 0.15) is 17.5 Å². The van der Waals surface area contributed by atoms with Gasteiger partial charge in [-0.05, 0) is 43.2 Å². The Morgan fingerprint density at radius 2 is 1.79 bits per heavy atom. The van der Waals surface area contributed by atoms with Crippen molar-refractivity contribution in [1.29, 1.82) is 0 Å². The average molecular weight is 413 g/mol. The zero-order chi connectivity index (χ0) is 20.5. The van der Waals surface area contributed by atoms with Crippen molar-refractivity contribution in [3.05, 3.63) is 52.7 Å². The highest BCUT2D eigenvalue weighted by Crippen LogP contribution is 2.30. The van der Waals surface area contributed by atoms with Gasteiger partial charge in [0, 0.05) is 44.8 Å². The van der Waals surface area contributed by atoms with Crippen molar-refractivity contribution in [1.82, 2.24) is 9.88 Å². The number of aryl methyl sites for hydroxylation is 1.